The fourth-order valence-corrected chi connectivity index (χ4v) is 7.54. The van der Waals surface area contributed by atoms with Crippen molar-refractivity contribution in [1.82, 2.24) is 0 Å². The van der Waals surface area contributed by atoms with Gasteiger partial charge < -0.3 is 14.2 Å². The molecule has 0 rings (SSSR count). The summed E-state index contributed by atoms with van der Waals surface area (Å²) in [4.78, 5) is 38.2. The third-order valence-electron chi connectivity index (χ3n) is 11.7. The molecule has 0 saturated heterocycles. The molecule has 392 valence electrons. The van der Waals surface area contributed by atoms with Gasteiger partial charge in [0.2, 0.25) is 0 Å². The lowest BCUT2D eigenvalue weighted by Crippen LogP contribution is -2.30. The second kappa shape index (κ2) is 56.7. The average molecular weight is 958 g/mol. The Bertz CT molecular complexity index is 1420. The molecule has 0 spiro atoms. The third kappa shape index (κ3) is 54.9. The van der Waals surface area contributed by atoms with Crippen LogP contribution in [0, 0.1) is 0 Å². The van der Waals surface area contributed by atoms with Crippen LogP contribution in [-0.2, 0) is 28.6 Å². The monoisotopic (exact) mass is 957 g/mol. The summed E-state index contributed by atoms with van der Waals surface area (Å²) < 4.78 is 16.8. The molecule has 0 bridgehead atoms. The van der Waals surface area contributed by atoms with Gasteiger partial charge in [0.1, 0.15) is 13.2 Å². The number of unbranched alkanes of at least 4 members (excludes halogenated alkanes) is 21. The van der Waals surface area contributed by atoms with E-state index in [0.717, 1.165) is 135 Å². The summed E-state index contributed by atoms with van der Waals surface area (Å²) in [6.45, 7) is 6.37. The molecule has 0 aliphatic rings. The molecule has 6 heteroatoms. The van der Waals surface area contributed by atoms with Gasteiger partial charge in [-0.05, 0) is 122 Å². The Kier molecular flexibility index (Phi) is 53.4. The van der Waals surface area contributed by atoms with Crippen LogP contribution in [0.2, 0.25) is 0 Å². The molecular formula is C63H104O6. The fraction of sp³-hybridized carbons (Fsp3) is 0.667. The molecule has 0 fully saturated rings. The number of carbonyl (C=O) groups excluding carboxylic acids is 3. The van der Waals surface area contributed by atoms with Crippen molar-refractivity contribution < 1.29 is 28.6 Å². The van der Waals surface area contributed by atoms with Gasteiger partial charge in [0, 0.05) is 19.3 Å². The molecule has 6 nitrogen and oxygen atoms in total. The second-order valence-electron chi connectivity index (χ2n) is 18.4. The predicted molar refractivity (Wildman–Crippen MR) is 297 cm³/mol. The van der Waals surface area contributed by atoms with Gasteiger partial charge in [-0.15, -0.1) is 0 Å². The number of ether oxygens (including phenoxy) is 3. The van der Waals surface area contributed by atoms with E-state index in [1.165, 1.54) is 77.0 Å². The van der Waals surface area contributed by atoms with Crippen LogP contribution in [0.4, 0.5) is 0 Å². The smallest absolute Gasteiger partial charge is 0.306 e. The van der Waals surface area contributed by atoms with Crippen molar-refractivity contribution in [1.29, 1.82) is 0 Å². The fourth-order valence-electron chi connectivity index (χ4n) is 7.54. The Morgan fingerprint density at radius 2 is 0.565 bits per heavy atom. The topological polar surface area (TPSA) is 78.9 Å². The first-order valence-corrected chi connectivity index (χ1v) is 28.4. The highest BCUT2D eigenvalue weighted by atomic mass is 16.6. The molecule has 69 heavy (non-hydrogen) atoms. The number of hydrogen-bond acceptors (Lipinski definition) is 6. The summed E-state index contributed by atoms with van der Waals surface area (Å²) in [5, 5.41) is 0. The van der Waals surface area contributed by atoms with Crippen LogP contribution in [0.5, 0.6) is 0 Å². The molecule has 1 unspecified atom stereocenters. The van der Waals surface area contributed by atoms with Gasteiger partial charge in [-0.2, -0.15) is 0 Å². The second-order valence-corrected chi connectivity index (χ2v) is 18.4. The van der Waals surface area contributed by atoms with Crippen LogP contribution in [0.3, 0.4) is 0 Å². The van der Waals surface area contributed by atoms with Gasteiger partial charge in [0.15, 0.2) is 6.10 Å². The van der Waals surface area contributed by atoms with Crippen LogP contribution in [-0.4, -0.2) is 37.2 Å². The van der Waals surface area contributed by atoms with Gasteiger partial charge in [-0.3, -0.25) is 14.4 Å². The van der Waals surface area contributed by atoms with E-state index < -0.39 is 6.10 Å². The van der Waals surface area contributed by atoms with Crippen molar-refractivity contribution in [2.75, 3.05) is 13.2 Å². The van der Waals surface area contributed by atoms with Crippen LogP contribution in [0.1, 0.15) is 252 Å². The first-order chi connectivity index (χ1) is 34.0. The van der Waals surface area contributed by atoms with Gasteiger partial charge in [0.25, 0.3) is 0 Å². The van der Waals surface area contributed by atoms with E-state index in [-0.39, 0.29) is 31.1 Å². The molecule has 0 aliphatic heterocycles. The van der Waals surface area contributed by atoms with Crippen LogP contribution >= 0.6 is 0 Å². The van der Waals surface area contributed by atoms with Crippen molar-refractivity contribution >= 4 is 17.9 Å². The Morgan fingerprint density at radius 1 is 0.304 bits per heavy atom. The SMILES string of the molecule is CC/C=C\C/C=C\C/C=C\C/C=C\CCCCCCC(=O)OCC(COC(=O)CCCCCCCCC/C=C\CCCCCCCC)OC(=O)CCCCCC/C=C\C/C=C\C/C=C\C/C=C\CC. The minimum absolute atomic E-state index is 0.0998. The Morgan fingerprint density at radius 3 is 0.899 bits per heavy atom. The highest BCUT2D eigenvalue weighted by Gasteiger charge is 2.19. The normalized spacial score (nSPS) is 12.9. The predicted octanol–water partition coefficient (Wildman–Crippen LogP) is 19.1. The maximum absolute atomic E-state index is 12.9. The number of carbonyl (C=O) groups is 3. The Balaban J connectivity index is 4.49. The van der Waals surface area contributed by atoms with Gasteiger partial charge in [0.05, 0.1) is 0 Å². The van der Waals surface area contributed by atoms with Crippen molar-refractivity contribution in [2.45, 2.75) is 258 Å². The average Bonchev–Trinajstić information content (AvgIpc) is 3.35. The standard InChI is InChI=1S/C63H104O6/c1-4-7-10-13-16-19-22-25-28-31-34-37-40-43-46-49-52-55-61(64)67-58-60(69-63(66)57-54-51-48-45-42-39-36-33-30-27-24-21-18-15-12-9-6-3)59-68-62(65)56-53-50-47-44-41-38-35-32-29-26-23-20-17-14-11-8-5-2/h7,9-10,12,16,18-19,21,25-30,34,36-37,39,60H,4-6,8,11,13-15,17,20,22-24,31-33,35,38,40-59H2,1-3H3/b10-7-,12-9-,19-16-,21-18-,28-25-,29-26-,30-27-,37-34-,39-36-. The first kappa shape index (κ1) is 65.1. The van der Waals surface area contributed by atoms with Gasteiger partial charge >= 0.3 is 17.9 Å². The largest absolute Gasteiger partial charge is 0.462 e. The Hall–Kier alpha value is -3.93. The number of allylic oxidation sites excluding steroid dienone is 18. The zero-order chi connectivity index (χ0) is 50.0. The summed E-state index contributed by atoms with van der Waals surface area (Å²) in [6.07, 6.45) is 76.4. The number of hydrogen-bond donors (Lipinski definition) is 0. The van der Waals surface area contributed by atoms with E-state index in [9.17, 15) is 14.4 Å². The zero-order valence-electron chi connectivity index (χ0n) is 44.8. The van der Waals surface area contributed by atoms with Gasteiger partial charge in [-0.25, -0.2) is 0 Å². The molecule has 0 radical (unpaired) electrons. The van der Waals surface area contributed by atoms with Gasteiger partial charge in [-0.1, -0.05) is 220 Å². The molecule has 0 N–H and O–H groups in total. The molecule has 0 aromatic carbocycles. The lowest BCUT2D eigenvalue weighted by Gasteiger charge is -2.18. The molecule has 0 heterocycles. The molecule has 1 atom stereocenters. The lowest BCUT2D eigenvalue weighted by atomic mass is 10.1. The van der Waals surface area contributed by atoms with E-state index in [1.807, 2.05) is 0 Å². The minimum atomic E-state index is -0.806. The third-order valence-corrected chi connectivity index (χ3v) is 11.7. The molecule has 0 amide bonds. The maximum atomic E-state index is 12.9. The maximum Gasteiger partial charge on any atom is 0.306 e. The Labute approximate surface area is 425 Å². The van der Waals surface area contributed by atoms with Crippen LogP contribution in [0.25, 0.3) is 0 Å². The highest BCUT2D eigenvalue weighted by molar-refractivity contribution is 5.71. The molecular weight excluding hydrogens is 853 g/mol. The summed E-state index contributed by atoms with van der Waals surface area (Å²) in [5.74, 6) is -0.952. The summed E-state index contributed by atoms with van der Waals surface area (Å²) in [6, 6.07) is 0. The minimum Gasteiger partial charge on any atom is -0.462 e. The number of rotatable bonds is 50. The molecule has 0 aromatic heterocycles. The number of esters is 3. The summed E-state index contributed by atoms with van der Waals surface area (Å²) in [5.41, 5.74) is 0. The van der Waals surface area contributed by atoms with Crippen molar-refractivity contribution in [3.63, 3.8) is 0 Å². The van der Waals surface area contributed by atoms with E-state index in [4.69, 9.17) is 14.2 Å². The van der Waals surface area contributed by atoms with E-state index in [2.05, 4.69) is 130 Å². The van der Waals surface area contributed by atoms with E-state index in [1.54, 1.807) is 0 Å². The summed E-state index contributed by atoms with van der Waals surface area (Å²) >= 11 is 0. The van der Waals surface area contributed by atoms with Crippen molar-refractivity contribution in [3.05, 3.63) is 109 Å². The van der Waals surface area contributed by atoms with Crippen LogP contribution in [0.15, 0.2) is 109 Å². The molecule has 0 saturated carbocycles. The van der Waals surface area contributed by atoms with Crippen molar-refractivity contribution in [3.8, 4) is 0 Å². The highest BCUT2D eigenvalue weighted by Crippen LogP contribution is 2.14. The first-order valence-electron chi connectivity index (χ1n) is 28.4. The lowest BCUT2D eigenvalue weighted by molar-refractivity contribution is -0.167. The zero-order valence-corrected chi connectivity index (χ0v) is 44.8. The molecule has 0 aliphatic carbocycles. The summed E-state index contributed by atoms with van der Waals surface area (Å²) in [7, 11) is 0. The quantitative estimate of drug-likeness (QED) is 0.0262. The van der Waals surface area contributed by atoms with E-state index in [0.29, 0.717) is 19.3 Å². The van der Waals surface area contributed by atoms with Crippen LogP contribution < -0.4 is 0 Å². The molecule has 0 aromatic rings. The van der Waals surface area contributed by atoms with E-state index >= 15 is 0 Å². The van der Waals surface area contributed by atoms with Crippen molar-refractivity contribution in [2.24, 2.45) is 0 Å².